The zero-order valence-corrected chi connectivity index (χ0v) is 15.3. The smallest absolute Gasteiger partial charge is 0.241 e. The first-order chi connectivity index (χ1) is 11.8. The summed E-state index contributed by atoms with van der Waals surface area (Å²) in [6.45, 7) is 3.59. The van der Waals surface area contributed by atoms with Crippen molar-refractivity contribution in [2.45, 2.75) is 32.4 Å². The summed E-state index contributed by atoms with van der Waals surface area (Å²) in [6.07, 6.45) is 0.735. The molecule has 3 nitrogen and oxygen atoms in total. The lowest BCUT2D eigenvalue weighted by molar-refractivity contribution is -0.118. The molecule has 1 amide bonds. The summed E-state index contributed by atoms with van der Waals surface area (Å²) in [5.41, 5.74) is 0.610. The second kappa shape index (κ2) is 8.49. The Morgan fingerprint density at radius 2 is 1.72 bits per heavy atom. The molecule has 2 rings (SSSR count). The Balaban J connectivity index is 2.06. The van der Waals surface area contributed by atoms with Crippen molar-refractivity contribution < 1.29 is 18.0 Å². The number of benzene rings is 2. The molecule has 2 aromatic rings. The van der Waals surface area contributed by atoms with Crippen LogP contribution in [0.4, 0.5) is 18.9 Å². The minimum atomic E-state index is -1.61. The molecule has 2 aromatic carbocycles. The van der Waals surface area contributed by atoms with Crippen LogP contribution in [0.2, 0.25) is 0 Å². The lowest BCUT2D eigenvalue weighted by Gasteiger charge is -2.22. The van der Waals surface area contributed by atoms with Crippen molar-refractivity contribution in [3.63, 3.8) is 0 Å². The van der Waals surface area contributed by atoms with Crippen molar-refractivity contribution in [2.75, 3.05) is 5.32 Å². The molecule has 0 bridgehead atoms. The van der Waals surface area contributed by atoms with E-state index in [2.05, 4.69) is 26.6 Å². The lowest BCUT2D eigenvalue weighted by atomic mass is 10.0. The van der Waals surface area contributed by atoms with E-state index in [0.29, 0.717) is 0 Å². The highest BCUT2D eigenvalue weighted by molar-refractivity contribution is 9.10. The highest BCUT2D eigenvalue weighted by atomic mass is 79.9. The molecule has 0 saturated carbocycles. The molecule has 0 radical (unpaired) electrons. The van der Waals surface area contributed by atoms with Crippen molar-refractivity contribution in [1.29, 1.82) is 0 Å². The summed E-state index contributed by atoms with van der Waals surface area (Å²) in [7, 11) is 0. The SMILES string of the molecule is CC[C@@H](N[C@H](C)C(=O)Nc1ccc(F)c(F)c1F)c1ccc(Br)cc1. The van der Waals surface area contributed by atoms with Crippen LogP contribution in [0.3, 0.4) is 0 Å². The van der Waals surface area contributed by atoms with Gasteiger partial charge in [0, 0.05) is 10.5 Å². The van der Waals surface area contributed by atoms with E-state index in [-0.39, 0.29) is 6.04 Å². The summed E-state index contributed by atoms with van der Waals surface area (Å²) in [4.78, 5) is 12.2. The number of anilines is 1. The second-order valence-corrected chi connectivity index (χ2v) is 6.53. The van der Waals surface area contributed by atoms with Crippen molar-refractivity contribution in [3.8, 4) is 0 Å². The summed E-state index contributed by atoms with van der Waals surface area (Å²) in [5, 5.41) is 5.43. The van der Waals surface area contributed by atoms with Crippen LogP contribution >= 0.6 is 15.9 Å². The Hall–Kier alpha value is -1.86. The number of nitrogens with one attached hydrogen (secondary N) is 2. The Morgan fingerprint density at radius 1 is 1.08 bits per heavy atom. The second-order valence-electron chi connectivity index (χ2n) is 5.61. The van der Waals surface area contributed by atoms with Gasteiger partial charge in [0.15, 0.2) is 17.5 Å². The predicted octanol–water partition coefficient (Wildman–Crippen LogP) is 4.93. The molecule has 25 heavy (non-hydrogen) atoms. The van der Waals surface area contributed by atoms with Crippen LogP contribution in [0.5, 0.6) is 0 Å². The molecule has 0 aliphatic heterocycles. The standard InChI is InChI=1S/C18H18BrF3N2O/c1-3-14(11-4-6-12(19)7-5-11)23-10(2)18(25)24-15-9-8-13(20)16(21)17(15)22/h4-10,14,23H,3H2,1-2H3,(H,24,25)/t10-,14-/m1/s1. The third kappa shape index (κ3) is 4.83. The van der Waals surface area contributed by atoms with Crippen LogP contribution in [0.15, 0.2) is 40.9 Å². The van der Waals surface area contributed by atoms with E-state index in [1.807, 2.05) is 31.2 Å². The average molecular weight is 415 g/mol. The third-order valence-electron chi connectivity index (χ3n) is 3.82. The number of carbonyl (C=O) groups is 1. The Morgan fingerprint density at radius 3 is 2.32 bits per heavy atom. The molecule has 134 valence electrons. The molecule has 0 aliphatic carbocycles. The lowest BCUT2D eigenvalue weighted by Crippen LogP contribution is -2.40. The maximum absolute atomic E-state index is 13.7. The summed E-state index contributed by atoms with van der Waals surface area (Å²) in [6, 6.07) is 8.69. The molecule has 7 heteroatoms. The minimum Gasteiger partial charge on any atom is -0.322 e. The fourth-order valence-electron chi connectivity index (χ4n) is 2.39. The van der Waals surface area contributed by atoms with E-state index in [1.54, 1.807) is 6.92 Å². The molecular formula is C18H18BrF3N2O. The van der Waals surface area contributed by atoms with Crippen LogP contribution in [-0.4, -0.2) is 11.9 Å². The van der Waals surface area contributed by atoms with Crippen molar-refractivity contribution in [1.82, 2.24) is 5.32 Å². The largest absolute Gasteiger partial charge is 0.322 e. The van der Waals surface area contributed by atoms with E-state index in [0.717, 1.165) is 28.6 Å². The van der Waals surface area contributed by atoms with E-state index in [9.17, 15) is 18.0 Å². The van der Waals surface area contributed by atoms with Crippen LogP contribution < -0.4 is 10.6 Å². The summed E-state index contributed by atoms with van der Waals surface area (Å²) >= 11 is 3.37. The van der Waals surface area contributed by atoms with Crippen LogP contribution in [0, 0.1) is 17.5 Å². The van der Waals surface area contributed by atoms with Crippen molar-refractivity contribution in [2.24, 2.45) is 0 Å². The molecule has 2 N–H and O–H groups in total. The Kier molecular flexibility index (Phi) is 6.61. The van der Waals surface area contributed by atoms with E-state index in [4.69, 9.17) is 0 Å². The number of carbonyl (C=O) groups excluding carboxylic acids is 1. The fourth-order valence-corrected chi connectivity index (χ4v) is 2.65. The monoisotopic (exact) mass is 414 g/mol. The normalized spacial score (nSPS) is 13.4. The molecule has 0 heterocycles. The molecule has 0 aromatic heterocycles. The quantitative estimate of drug-likeness (QED) is 0.657. The van der Waals surface area contributed by atoms with Gasteiger partial charge in [0.1, 0.15) is 0 Å². The number of hydrogen-bond donors (Lipinski definition) is 2. The van der Waals surface area contributed by atoms with Crippen LogP contribution in [0.25, 0.3) is 0 Å². The minimum absolute atomic E-state index is 0.0800. The topological polar surface area (TPSA) is 41.1 Å². The summed E-state index contributed by atoms with van der Waals surface area (Å²) < 4.78 is 40.8. The maximum Gasteiger partial charge on any atom is 0.241 e. The van der Waals surface area contributed by atoms with Crippen LogP contribution in [0.1, 0.15) is 31.9 Å². The molecule has 0 fully saturated rings. The highest BCUT2D eigenvalue weighted by Crippen LogP contribution is 2.22. The zero-order chi connectivity index (χ0) is 18.6. The van der Waals surface area contributed by atoms with Gasteiger partial charge in [0.05, 0.1) is 11.7 Å². The van der Waals surface area contributed by atoms with Gasteiger partial charge in [-0.2, -0.15) is 0 Å². The number of hydrogen-bond acceptors (Lipinski definition) is 2. The van der Waals surface area contributed by atoms with Gasteiger partial charge in [-0.25, -0.2) is 13.2 Å². The number of halogens is 4. The molecular weight excluding hydrogens is 397 g/mol. The molecule has 2 atom stereocenters. The average Bonchev–Trinajstić information content (AvgIpc) is 2.60. The van der Waals surface area contributed by atoms with Gasteiger partial charge in [0.25, 0.3) is 0 Å². The van der Waals surface area contributed by atoms with Crippen molar-refractivity contribution >= 4 is 27.5 Å². The van der Waals surface area contributed by atoms with Crippen LogP contribution in [-0.2, 0) is 4.79 Å². The zero-order valence-electron chi connectivity index (χ0n) is 13.7. The molecule has 0 saturated heterocycles. The number of amides is 1. The Labute approximate surface area is 152 Å². The molecule has 0 spiro atoms. The van der Waals surface area contributed by atoms with Gasteiger partial charge in [0.2, 0.25) is 5.91 Å². The predicted molar refractivity (Wildman–Crippen MR) is 94.7 cm³/mol. The van der Waals surface area contributed by atoms with Gasteiger partial charge in [-0.3, -0.25) is 10.1 Å². The van der Waals surface area contributed by atoms with Gasteiger partial charge in [-0.1, -0.05) is 35.0 Å². The number of rotatable bonds is 6. The van der Waals surface area contributed by atoms with Gasteiger partial charge >= 0.3 is 0 Å². The third-order valence-corrected chi connectivity index (χ3v) is 4.35. The molecule has 0 aliphatic rings. The molecule has 0 unspecified atom stereocenters. The summed E-state index contributed by atoms with van der Waals surface area (Å²) in [5.74, 6) is -4.87. The van der Waals surface area contributed by atoms with Crippen molar-refractivity contribution in [3.05, 3.63) is 63.9 Å². The van der Waals surface area contributed by atoms with E-state index >= 15 is 0 Å². The maximum atomic E-state index is 13.7. The highest BCUT2D eigenvalue weighted by Gasteiger charge is 2.21. The van der Waals surface area contributed by atoms with Gasteiger partial charge in [-0.05, 0) is 43.2 Å². The van der Waals surface area contributed by atoms with Gasteiger partial charge < -0.3 is 5.32 Å². The van der Waals surface area contributed by atoms with E-state index in [1.165, 1.54) is 0 Å². The first-order valence-corrected chi connectivity index (χ1v) is 8.58. The Bertz CT molecular complexity index is 753. The fraction of sp³-hybridized carbons (Fsp3) is 0.278. The van der Waals surface area contributed by atoms with E-state index < -0.39 is 35.1 Å². The van der Waals surface area contributed by atoms with Gasteiger partial charge in [-0.15, -0.1) is 0 Å². The first kappa shape index (κ1) is 19.5. The first-order valence-electron chi connectivity index (χ1n) is 7.79.